The van der Waals surface area contributed by atoms with Gasteiger partial charge in [-0.25, -0.2) is 9.59 Å². The molecule has 1 aliphatic heterocycles. The second-order valence-electron chi connectivity index (χ2n) is 5.15. The van der Waals surface area contributed by atoms with E-state index in [1.807, 2.05) is 30.3 Å². The lowest BCUT2D eigenvalue weighted by atomic mass is 10.1. The predicted octanol–water partition coefficient (Wildman–Crippen LogP) is 2.95. The summed E-state index contributed by atoms with van der Waals surface area (Å²) in [4.78, 5) is 24.6. The molecule has 1 fully saturated rings. The van der Waals surface area contributed by atoms with Crippen molar-refractivity contribution in [1.29, 1.82) is 0 Å². The number of amides is 1. The second-order valence-corrected chi connectivity index (χ2v) is 5.15. The molecule has 0 saturated carbocycles. The van der Waals surface area contributed by atoms with Crippen LogP contribution in [0.25, 0.3) is 0 Å². The molecule has 112 valence electrons. The molecule has 0 aliphatic carbocycles. The Balaban J connectivity index is 1.88. The van der Waals surface area contributed by atoms with Crippen LogP contribution < -0.4 is 4.90 Å². The van der Waals surface area contributed by atoms with Gasteiger partial charge in [-0.05, 0) is 30.2 Å². The largest absolute Gasteiger partial charge is 0.478 e. The van der Waals surface area contributed by atoms with Crippen LogP contribution in [0.2, 0.25) is 0 Å². The minimum atomic E-state index is -1.02. The maximum atomic E-state index is 12.0. The van der Waals surface area contributed by atoms with Crippen LogP contribution >= 0.6 is 0 Å². The van der Waals surface area contributed by atoms with E-state index in [4.69, 9.17) is 9.84 Å². The van der Waals surface area contributed by atoms with Crippen LogP contribution in [0, 0.1) is 0 Å². The van der Waals surface area contributed by atoms with Gasteiger partial charge in [0.2, 0.25) is 0 Å². The van der Waals surface area contributed by atoms with Gasteiger partial charge in [0.15, 0.2) is 0 Å². The Hall–Kier alpha value is -2.82. The van der Waals surface area contributed by atoms with E-state index in [-0.39, 0.29) is 11.6 Å². The highest BCUT2D eigenvalue weighted by Gasteiger charge is 2.34. The van der Waals surface area contributed by atoms with Crippen LogP contribution in [-0.4, -0.2) is 29.8 Å². The van der Waals surface area contributed by atoms with Gasteiger partial charge in [-0.15, -0.1) is 0 Å². The molecular formula is C17H15NO4. The topological polar surface area (TPSA) is 66.8 Å². The number of cyclic esters (lactones) is 1. The van der Waals surface area contributed by atoms with Crippen LogP contribution in [0.15, 0.2) is 54.6 Å². The fourth-order valence-corrected chi connectivity index (χ4v) is 2.60. The van der Waals surface area contributed by atoms with Gasteiger partial charge in [0.05, 0.1) is 11.6 Å². The average Bonchev–Trinajstić information content (AvgIpc) is 2.89. The number of carboxylic acid groups (broad SMARTS) is 1. The molecule has 0 radical (unpaired) electrons. The monoisotopic (exact) mass is 297 g/mol. The number of nitrogens with zero attached hydrogens (tertiary/aromatic N) is 1. The molecule has 0 spiro atoms. The molecule has 2 aromatic carbocycles. The van der Waals surface area contributed by atoms with Crippen molar-refractivity contribution in [3.05, 3.63) is 65.7 Å². The quantitative estimate of drug-likeness (QED) is 0.942. The third-order valence-corrected chi connectivity index (χ3v) is 3.65. The summed E-state index contributed by atoms with van der Waals surface area (Å²) in [6.45, 7) is 0.297. The number of rotatable bonds is 4. The van der Waals surface area contributed by atoms with E-state index in [9.17, 15) is 9.59 Å². The Labute approximate surface area is 127 Å². The highest BCUT2D eigenvalue weighted by Crippen LogP contribution is 2.26. The van der Waals surface area contributed by atoms with E-state index in [0.29, 0.717) is 18.7 Å². The van der Waals surface area contributed by atoms with Crippen molar-refractivity contribution in [3.8, 4) is 0 Å². The van der Waals surface area contributed by atoms with Crippen molar-refractivity contribution < 1.29 is 19.4 Å². The van der Waals surface area contributed by atoms with E-state index < -0.39 is 12.1 Å². The van der Waals surface area contributed by atoms with Gasteiger partial charge < -0.3 is 9.84 Å². The number of anilines is 1. The molecule has 1 saturated heterocycles. The number of ether oxygens (including phenoxy) is 1. The van der Waals surface area contributed by atoms with E-state index in [1.165, 1.54) is 17.0 Å². The Morgan fingerprint density at radius 2 is 1.95 bits per heavy atom. The normalized spacial score (nSPS) is 17.4. The van der Waals surface area contributed by atoms with Gasteiger partial charge in [0, 0.05) is 5.69 Å². The standard InChI is InChI=1S/C17H15NO4/c19-16(20)13-7-4-8-14(10-13)18-15(11-22-17(18)21)9-12-5-2-1-3-6-12/h1-8,10,15H,9,11H2,(H,19,20)/t15-/m1/s1. The average molecular weight is 297 g/mol. The predicted molar refractivity (Wildman–Crippen MR) is 81.2 cm³/mol. The molecule has 22 heavy (non-hydrogen) atoms. The molecule has 1 aliphatic rings. The van der Waals surface area contributed by atoms with Crippen molar-refractivity contribution in [2.24, 2.45) is 0 Å². The summed E-state index contributed by atoms with van der Waals surface area (Å²) >= 11 is 0. The first kappa shape index (κ1) is 14.1. The summed E-state index contributed by atoms with van der Waals surface area (Å²) in [7, 11) is 0. The molecule has 0 aromatic heterocycles. The lowest BCUT2D eigenvalue weighted by molar-refractivity contribution is 0.0697. The van der Waals surface area contributed by atoms with Crippen molar-refractivity contribution in [2.45, 2.75) is 12.5 Å². The minimum absolute atomic E-state index is 0.140. The fourth-order valence-electron chi connectivity index (χ4n) is 2.60. The van der Waals surface area contributed by atoms with Crippen LogP contribution in [0.3, 0.4) is 0 Å². The van der Waals surface area contributed by atoms with Crippen molar-refractivity contribution in [3.63, 3.8) is 0 Å². The van der Waals surface area contributed by atoms with Gasteiger partial charge in [-0.3, -0.25) is 4.90 Å². The first-order valence-corrected chi connectivity index (χ1v) is 6.98. The number of carbonyl (C=O) groups is 2. The summed E-state index contributed by atoms with van der Waals surface area (Å²) in [5.74, 6) is -1.02. The zero-order chi connectivity index (χ0) is 15.5. The summed E-state index contributed by atoms with van der Waals surface area (Å²) < 4.78 is 5.14. The first-order chi connectivity index (χ1) is 10.6. The Kier molecular flexibility index (Phi) is 3.78. The number of hydrogen-bond acceptors (Lipinski definition) is 3. The minimum Gasteiger partial charge on any atom is -0.478 e. The number of aromatic carboxylic acids is 1. The van der Waals surface area contributed by atoms with E-state index in [2.05, 4.69) is 0 Å². The van der Waals surface area contributed by atoms with Crippen LogP contribution in [-0.2, 0) is 11.2 Å². The molecule has 5 nitrogen and oxygen atoms in total. The second kappa shape index (κ2) is 5.89. The molecule has 3 rings (SSSR count). The zero-order valence-electron chi connectivity index (χ0n) is 11.8. The van der Waals surface area contributed by atoms with Crippen molar-refractivity contribution >= 4 is 17.7 Å². The van der Waals surface area contributed by atoms with E-state index >= 15 is 0 Å². The number of carbonyl (C=O) groups excluding carboxylic acids is 1. The third kappa shape index (κ3) is 2.79. The van der Waals surface area contributed by atoms with Gasteiger partial charge in [0.1, 0.15) is 6.61 Å². The molecule has 5 heteroatoms. The molecule has 0 bridgehead atoms. The molecule has 2 aromatic rings. The first-order valence-electron chi connectivity index (χ1n) is 6.98. The molecule has 1 heterocycles. The Morgan fingerprint density at radius 1 is 1.18 bits per heavy atom. The molecule has 1 amide bonds. The molecule has 1 atom stereocenters. The number of carboxylic acids is 1. The van der Waals surface area contributed by atoms with Gasteiger partial charge in [-0.1, -0.05) is 36.4 Å². The van der Waals surface area contributed by atoms with Crippen LogP contribution in [0.1, 0.15) is 15.9 Å². The van der Waals surface area contributed by atoms with Gasteiger partial charge in [0.25, 0.3) is 0 Å². The molecule has 1 N–H and O–H groups in total. The van der Waals surface area contributed by atoms with Crippen LogP contribution in [0.5, 0.6) is 0 Å². The number of hydrogen-bond donors (Lipinski definition) is 1. The van der Waals surface area contributed by atoms with Crippen molar-refractivity contribution in [1.82, 2.24) is 0 Å². The molecule has 0 unspecified atom stereocenters. The summed E-state index contributed by atoms with van der Waals surface area (Å²) in [5.41, 5.74) is 1.80. The number of benzene rings is 2. The molecular weight excluding hydrogens is 282 g/mol. The highest BCUT2D eigenvalue weighted by atomic mass is 16.6. The maximum Gasteiger partial charge on any atom is 0.414 e. The maximum absolute atomic E-state index is 12.0. The van der Waals surface area contributed by atoms with Gasteiger partial charge >= 0.3 is 12.1 Å². The highest BCUT2D eigenvalue weighted by molar-refractivity contribution is 5.94. The van der Waals surface area contributed by atoms with Crippen LogP contribution in [0.4, 0.5) is 10.5 Å². The smallest absolute Gasteiger partial charge is 0.414 e. The summed E-state index contributed by atoms with van der Waals surface area (Å²) in [5, 5.41) is 9.08. The summed E-state index contributed by atoms with van der Waals surface area (Å²) in [6.07, 6.45) is 0.215. The van der Waals surface area contributed by atoms with E-state index in [0.717, 1.165) is 5.56 Å². The van der Waals surface area contributed by atoms with Crippen molar-refractivity contribution in [2.75, 3.05) is 11.5 Å². The lowest BCUT2D eigenvalue weighted by Gasteiger charge is -2.21. The van der Waals surface area contributed by atoms with Gasteiger partial charge in [-0.2, -0.15) is 0 Å². The van der Waals surface area contributed by atoms with E-state index in [1.54, 1.807) is 12.1 Å². The lowest BCUT2D eigenvalue weighted by Crippen LogP contribution is -2.35. The fraction of sp³-hybridized carbons (Fsp3) is 0.176. The third-order valence-electron chi connectivity index (χ3n) is 3.65. The Bertz CT molecular complexity index is 699. The Morgan fingerprint density at radius 3 is 2.68 bits per heavy atom. The zero-order valence-corrected chi connectivity index (χ0v) is 11.8. The SMILES string of the molecule is O=C(O)c1cccc(N2C(=O)OC[C@H]2Cc2ccccc2)c1. The summed E-state index contributed by atoms with van der Waals surface area (Å²) in [6, 6.07) is 16.0.